The Labute approximate surface area is 202 Å². The molecule has 1 unspecified atom stereocenters. The van der Waals surface area contributed by atoms with Crippen LogP contribution < -0.4 is 10.6 Å². The van der Waals surface area contributed by atoms with E-state index in [1.165, 1.54) is 18.5 Å². The Hall–Kier alpha value is -4.20. The van der Waals surface area contributed by atoms with Crippen LogP contribution in [-0.2, 0) is 9.53 Å². The van der Waals surface area contributed by atoms with Gasteiger partial charge in [0.15, 0.2) is 0 Å². The summed E-state index contributed by atoms with van der Waals surface area (Å²) in [6.45, 7) is 1.81. The molecule has 1 aromatic heterocycles. The molecule has 2 aliphatic carbocycles. The monoisotopic (exact) mass is 471 g/mol. The van der Waals surface area contributed by atoms with Crippen molar-refractivity contribution >= 4 is 23.7 Å². The molecule has 2 aliphatic rings. The lowest BCUT2D eigenvalue weighted by Crippen LogP contribution is -2.56. The summed E-state index contributed by atoms with van der Waals surface area (Å²) in [7, 11) is 0. The molecule has 2 amide bonds. The van der Waals surface area contributed by atoms with Crippen molar-refractivity contribution in [2.24, 2.45) is 5.92 Å². The molecule has 0 radical (unpaired) electrons. The van der Waals surface area contributed by atoms with Crippen LogP contribution in [-0.4, -0.2) is 40.2 Å². The van der Waals surface area contributed by atoms with E-state index in [0.717, 1.165) is 35.1 Å². The Morgan fingerprint density at radius 2 is 1.66 bits per heavy atom. The van der Waals surface area contributed by atoms with Crippen molar-refractivity contribution in [3.63, 3.8) is 0 Å². The highest BCUT2D eigenvalue weighted by Gasteiger charge is 2.49. The molecule has 2 aromatic carbocycles. The average Bonchev–Trinajstić information content (AvgIpc) is 3.67. The summed E-state index contributed by atoms with van der Waals surface area (Å²) in [5.41, 5.74) is 3.48. The first-order valence-electron chi connectivity index (χ1n) is 11.5. The Morgan fingerprint density at radius 3 is 2.26 bits per heavy atom. The number of carboxylic acid groups (broad SMARTS) is 1. The van der Waals surface area contributed by atoms with E-state index < -0.39 is 23.5 Å². The van der Waals surface area contributed by atoms with Crippen LogP contribution in [0, 0.1) is 5.92 Å². The Kier molecular flexibility index (Phi) is 5.72. The van der Waals surface area contributed by atoms with Gasteiger partial charge < -0.3 is 20.5 Å². The molecule has 0 spiro atoms. The lowest BCUT2D eigenvalue weighted by atomic mass is 9.94. The zero-order valence-corrected chi connectivity index (χ0v) is 19.2. The normalized spacial score (nSPS) is 15.9. The number of anilines is 1. The van der Waals surface area contributed by atoms with E-state index in [0.29, 0.717) is 0 Å². The van der Waals surface area contributed by atoms with E-state index in [9.17, 15) is 14.4 Å². The summed E-state index contributed by atoms with van der Waals surface area (Å²) in [4.78, 5) is 41.1. The van der Waals surface area contributed by atoms with Gasteiger partial charge >= 0.3 is 12.1 Å². The minimum atomic E-state index is -1.21. The Morgan fingerprint density at radius 1 is 1.03 bits per heavy atom. The number of carbonyl (C=O) groups is 3. The quantitative estimate of drug-likeness (QED) is 0.469. The molecule has 178 valence electrons. The summed E-state index contributed by atoms with van der Waals surface area (Å²) >= 11 is 0. The average molecular weight is 472 g/mol. The molecule has 3 aromatic rings. The Bertz CT molecular complexity index is 1270. The van der Waals surface area contributed by atoms with Crippen molar-refractivity contribution in [1.82, 2.24) is 10.3 Å². The first kappa shape index (κ1) is 22.6. The van der Waals surface area contributed by atoms with E-state index in [1.54, 1.807) is 6.92 Å². The molecule has 0 aliphatic heterocycles. The van der Waals surface area contributed by atoms with Crippen molar-refractivity contribution in [3.8, 4) is 11.1 Å². The number of aromatic nitrogens is 1. The number of ether oxygens (including phenoxy) is 1. The maximum Gasteiger partial charge on any atom is 0.408 e. The highest BCUT2D eigenvalue weighted by molar-refractivity contribution is 6.01. The van der Waals surface area contributed by atoms with Crippen molar-refractivity contribution in [2.75, 3.05) is 11.9 Å². The second-order valence-corrected chi connectivity index (χ2v) is 9.15. The number of nitrogens with one attached hydrogen (secondary N) is 2. The molecule has 0 saturated heterocycles. The van der Waals surface area contributed by atoms with Gasteiger partial charge in [-0.15, -0.1) is 0 Å². The van der Waals surface area contributed by atoms with Crippen molar-refractivity contribution in [1.29, 1.82) is 0 Å². The van der Waals surface area contributed by atoms with Gasteiger partial charge in [0.2, 0.25) is 5.91 Å². The fraction of sp³-hybridized carbons (Fsp3) is 0.259. The van der Waals surface area contributed by atoms with Crippen LogP contribution >= 0.6 is 0 Å². The number of carbonyl (C=O) groups excluding carboxylic acids is 2. The number of rotatable bonds is 7. The largest absolute Gasteiger partial charge is 0.478 e. The van der Waals surface area contributed by atoms with Gasteiger partial charge in [-0.05, 0) is 54.0 Å². The fourth-order valence-electron chi connectivity index (χ4n) is 4.74. The zero-order valence-electron chi connectivity index (χ0n) is 19.2. The van der Waals surface area contributed by atoms with Crippen LogP contribution in [0.1, 0.15) is 47.2 Å². The SMILES string of the molecule is CC(NC(=O)OCC1c2ccccc2-c2ccccc21)(C(=O)Nc1cncc(C(=O)O)c1)C1CC1. The Balaban J connectivity index is 1.28. The number of carboxylic acids is 1. The molecule has 5 rings (SSSR count). The summed E-state index contributed by atoms with van der Waals surface area (Å²) in [6, 6.07) is 17.5. The third-order valence-corrected chi connectivity index (χ3v) is 6.81. The molecular weight excluding hydrogens is 446 g/mol. The minimum absolute atomic E-state index is 0.0413. The number of hydrogen-bond acceptors (Lipinski definition) is 5. The van der Waals surface area contributed by atoms with E-state index in [1.807, 2.05) is 36.4 Å². The van der Waals surface area contributed by atoms with Crippen LogP contribution in [0.25, 0.3) is 11.1 Å². The number of pyridine rings is 1. The lowest BCUT2D eigenvalue weighted by molar-refractivity contribution is -0.122. The summed E-state index contributed by atoms with van der Waals surface area (Å²) in [6.07, 6.45) is 3.48. The summed E-state index contributed by atoms with van der Waals surface area (Å²) in [5, 5.41) is 14.6. The molecule has 1 heterocycles. The number of amides is 2. The summed E-state index contributed by atoms with van der Waals surface area (Å²) in [5.74, 6) is -1.72. The van der Waals surface area contributed by atoms with Gasteiger partial charge in [-0.2, -0.15) is 0 Å². The first-order valence-corrected chi connectivity index (χ1v) is 11.5. The van der Waals surface area contributed by atoms with Gasteiger partial charge in [0.1, 0.15) is 12.1 Å². The smallest absolute Gasteiger partial charge is 0.408 e. The maximum absolute atomic E-state index is 13.2. The predicted octanol–water partition coefficient (Wildman–Crippen LogP) is 4.43. The van der Waals surface area contributed by atoms with Gasteiger partial charge in [-0.1, -0.05) is 48.5 Å². The van der Waals surface area contributed by atoms with Gasteiger partial charge in [-0.3, -0.25) is 9.78 Å². The second-order valence-electron chi connectivity index (χ2n) is 9.15. The van der Waals surface area contributed by atoms with Crippen molar-refractivity contribution in [2.45, 2.75) is 31.2 Å². The third-order valence-electron chi connectivity index (χ3n) is 6.81. The highest BCUT2D eigenvalue weighted by atomic mass is 16.5. The van der Waals surface area contributed by atoms with Gasteiger partial charge in [0.05, 0.1) is 17.4 Å². The van der Waals surface area contributed by atoms with Crippen LogP contribution in [0.3, 0.4) is 0 Å². The molecule has 35 heavy (non-hydrogen) atoms. The predicted molar refractivity (Wildman–Crippen MR) is 129 cm³/mol. The van der Waals surface area contributed by atoms with Crippen molar-refractivity contribution in [3.05, 3.63) is 83.7 Å². The standard InChI is InChI=1S/C27H25N3O5/c1-27(17-10-11-17,25(33)29-18-12-16(24(31)32)13-28-14-18)30-26(34)35-15-23-21-8-4-2-6-19(21)20-7-3-5-9-22(20)23/h2-9,12-14,17,23H,10-11,15H2,1H3,(H,29,33)(H,30,34)(H,31,32). The molecule has 1 saturated carbocycles. The highest BCUT2D eigenvalue weighted by Crippen LogP contribution is 2.44. The molecule has 1 atom stereocenters. The van der Waals surface area contributed by atoms with Crippen molar-refractivity contribution < 1.29 is 24.2 Å². The fourth-order valence-corrected chi connectivity index (χ4v) is 4.74. The molecule has 0 bridgehead atoms. The number of alkyl carbamates (subject to hydrolysis) is 1. The number of benzene rings is 2. The van der Waals surface area contributed by atoms with Gasteiger partial charge in [-0.25, -0.2) is 9.59 Å². The van der Waals surface area contributed by atoms with Crippen LogP contribution in [0.15, 0.2) is 67.0 Å². The number of aromatic carboxylic acids is 1. The summed E-state index contributed by atoms with van der Waals surface area (Å²) < 4.78 is 5.64. The topological polar surface area (TPSA) is 118 Å². The molecular formula is C27H25N3O5. The van der Waals surface area contributed by atoms with Crippen LogP contribution in [0.4, 0.5) is 10.5 Å². The van der Waals surface area contributed by atoms with E-state index >= 15 is 0 Å². The zero-order chi connectivity index (χ0) is 24.6. The van der Waals surface area contributed by atoms with Gasteiger partial charge in [0, 0.05) is 12.1 Å². The first-order chi connectivity index (χ1) is 16.9. The number of hydrogen-bond donors (Lipinski definition) is 3. The van der Waals surface area contributed by atoms with E-state index in [2.05, 4.69) is 27.8 Å². The van der Waals surface area contributed by atoms with Crippen LogP contribution in [0.5, 0.6) is 0 Å². The minimum Gasteiger partial charge on any atom is -0.478 e. The van der Waals surface area contributed by atoms with Gasteiger partial charge in [0.25, 0.3) is 0 Å². The number of fused-ring (bicyclic) bond motifs is 3. The van der Waals surface area contributed by atoms with E-state index in [4.69, 9.17) is 9.84 Å². The molecule has 8 heteroatoms. The maximum atomic E-state index is 13.2. The third kappa shape index (κ3) is 4.35. The second kappa shape index (κ2) is 8.87. The van der Waals surface area contributed by atoms with Crippen LogP contribution in [0.2, 0.25) is 0 Å². The number of nitrogens with zero attached hydrogens (tertiary/aromatic N) is 1. The molecule has 8 nitrogen and oxygen atoms in total. The van der Waals surface area contributed by atoms with E-state index in [-0.39, 0.29) is 29.7 Å². The molecule has 3 N–H and O–H groups in total. The molecule has 1 fully saturated rings. The lowest BCUT2D eigenvalue weighted by Gasteiger charge is -2.29.